The molecule has 236 valence electrons. The number of likely N-dealkylation sites (tertiary alicyclic amines) is 1. The first kappa shape index (κ1) is 30.4. The van der Waals surface area contributed by atoms with Gasteiger partial charge in [0.25, 0.3) is 5.91 Å². The minimum atomic E-state index is -4.19. The topological polar surface area (TPSA) is 117 Å². The van der Waals surface area contributed by atoms with E-state index in [9.17, 15) is 22.0 Å². The number of carbonyl (C=O) groups is 1. The number of piperazine rings is 1. The van der Waals surface area contributed by atoms with Crippen LogP contribution in [0, 0.1) is 11.6 Å². The highest BCUT2D eigenvalue weighted by Crippen LogP contribution is 2.31. The number of nitrogens with zero attached hydrogens (tertiary/aromatic N) is 5. The summed E-state index contributed by atoms with van der Waals surface area (Å²) < 4.78 is 55.3. The molecule has 44 heavy (non-hydrogen) atoms. The number of carbonyl (C=O) groups excluding carboxylic acids is 1. The third-order valence-electron chi connectivity index (χ3n) is 8.80. The molecule has 3 N–H and O–H groups in total. The van der Waals surface area contributed by atoms with Gasteiger partial charge in [-0.2, -0.15) is 9.40 Å². The SMILES string of the molecule is CN1CCC(Nc2cc(N3CCN(C)CC3)ccc2C(=O)Nc2n[nH]c3c2CN(S(=O)(=O)c2cc(F)cc(F)c2)CC3)CC1. The highest BCUT2D eigenvalue weighted by Gasteiger charge is 2.32. The molecule has 3 aromatic rings. The van der Waals surface area contributed by atoms with Crippen LogP contribution in [0.5, 0.6) is 0 Å². The van der Waals surface area contributed by atoms with E-state index in [0.717, 1.165) is 79.9 Å². The van der Waals surface area contributed by atoms with Gasteiger partial charge < -0.3 is 25.3 Å². The Morgan fingerprint density at radius 2 is 1.61 bits per heavy atom. The van der Waals surface area contributed by atoms with Gasteiger partial charge in [0.1, 0.15) is 11.6 Å². The lowest BCUT2D eigenvalue weighted by molar-refractivity contribution is 0.102. The van der Waals surface area contributed by atoms with E-state index in [4.69, 9.17) is 0 Å². The molecule has 4 heterocycles. The zero-order chi connectivity index (χ0) is 31.0. The molecular weight excluding hydrogens is 590 g/mol. The lowest BCUT2D eigenvalue weighted by Gasteiger charge is -2.35. The number of halogens is 2. The Bertz CT molecular complexity index is 1610. The van der Waals surface area contributed by atoms with E-state index in [1.807, 2.05) is 18.2 Å². The highest BCUT2D eigenvalue weighted by molar-refractivity contribution is 7.89. The van der Waals surface area contributed by atoms with Gasteiger partial charge in [-0.15, -0.1) is 0 Å². The number of rotatable bonds is 7. The largest absolute Gasteiger partial charge is 0.382 e. The number of amides is 1. The monoisotopic (exact) mass is 628 g/mol. The van der Waals surface area contributed by atoms with Gasteiger partial charge in [-0.25, -0.2) is 17.2 Å². The molecule has 0 spiro atoms. The summed E-state index contributed by atoms with van der Waals surface area (Å²) in [6.07, 6.45) is 2.23. The second-order valence-electron chi connectivity index (χ2n) is 11.9. The van der Waals surface area contributed by atoms with Crippen LogP contribution in [0.15, 0.2) is 41.3 Å². The fraction of sp³-hybridized carbons (Fsp3) is 0.467. The summed E-state index contributed by atoms with van der Waals surface area (Å²) in [5, 5.41) is 13.7. The zero-order valence-corrected chi connectivity index (χ0v) is 25.8. The quantitative estimate of drug-likeness (QED) is 0.366. The number of anilines is 3. The van der Waals surface area contributed by atoms with Crippen molar-refractivity contribution in [2.24, 2.45) is 0 Å². The predicted octanol–water partition coefficient (Wildman–Crippen LogP) is 2.95. The number of hydrogen-bond donors (Lipinski definition) is 3. The number of aromatic nitrogens is 2. The van der Waals surface area contributed by atoms with Gasteiger partial charge in [-0.1, -0.05) is 0 Å². The van der Waals surface area contributed by atoms with Crippen molar-refractivity contribution < 1.29 is 22.0 Å². The van der Waals surface area contributed by atoms with Crippen molar-refractivity contribution in [3.63, 3.8) is 0 Å². The van der Waals surface area contributed by atoms with Gasteiger partial charge in [0.2, 0.25) is 10.0 Å². The second kappa shape index (κ2) is 12.4. The van der Waals surface area contributed by atoms with Crippen molar-refractivity contribution in [2.45, 2.75) is 36.7 Å². The molecule has 0 atom stereocenters. The van der Waals surface area contributed by atoms with Crippen LogP contribution in [0.1, 0.15) is 34.5 Å². The second-order valence-corrected chi connectivity index (χ2v) is 13.9. The molecule has 14 heteroatoms. The summed E-state index contributed by atoms with van der Waals surface area (Å²) in [6, 6.07) is 8.30. The molecule has 0 radical (unpaired) electrons. The zero-order valence-electron chi connectivity index (χ0n) is 24.9. The molecule has 2 aromatic carbocycles. The predicted molar refractivity (Wildman–Crippen MR) is 164 cm³/mol. The van der Waals surface area contributed by atoms with Crippen molar-refractivity contribution in [1.82, 2.24) is 24.3 Å². The van der Waals surface area contributed by atoms with Crippen LogP contribution in [0.3, 0.4) is 0 Å². The Morgan fingerprint density at radius 3 is 2.32 bits per heavy atom. The molecule has 0 bridgehead atoms. The van der Waals surface area contributed by atoms with E-state index in [-0.39, 0.29) is 30.9 Å². The Balaban J connectivity index is 1.24. The van der Waals surface area contributed by atoms with E-state index < -0.39 is 26.6 Å². The van der Waals surface area contributed by atoms with E-state index >= 15 is 0 Å². The summed E-state index contributed by atoms with van der Waals surface area (Å²) >= 11 is 0. The molecule has 3 aliphatic rings. The van der Waals surface area contributed by atoms with Crippen LogP contribution >= 0.6 is 0 Å². The van der Waals surface area contributed by atoms with Crippen LogP contribution in [0.25, 0.3) is 0 Å². The molecule has 0 saturated carbocycles. The van der Waals surface area contributed by atoms with Gasteiger partial charge in [0.15, 0.2) is 5.82 Å². The summed E-state index contributed by atoms with van der Waals surface area (Å²) in [7, 11) is 0.0270. The van der Waals surface area contributed by atoms with E-state index in [1.54, 1.807) is 0 Å². The van der Waals surface area contributed by atoms with Crippen LogP contribution in [0.4, 0.5) is 26.0 Å². The van der Waals surface area contributed by atoms with Crippen molar-refractivity contribution in [2.75, 3.05) is 75.4 Å². The molecule has 2 fully saturated rings. The normalized spacial score (nSPS) is 19.1. The third-order valence-corrected chi connectivity index (χ3v) is 10.6. The fourth-order valence-corrected chi connectivity index (χ4v) is 7.52. The van der Waals surface area contributed by atoms with Crippen molar-refractivity contribution in [3.05, 3.63) is 64.9 Å². The summed E-state index contributed by atoms with van der Waals surface area (Å²) in [6.45, 7) is 5.66. The van der Waals surface area contributed by atoms with Crippen LogP contribution < -0.4 is 15.5 Å². The number of piperidine rings is 1. The Morgan fingerprint density at radius 1 is 0.932 bits per heavy atom. The van der Waals surface area contributed by atoms with Gasteiger partial charge in [-0.3, -0.25) is 9.89 Å². The number of sulfonamides is 1. The minimum absolute atomic E-state index is 0.0987. The maximum atomic E-state index is 13.8. The maximum Gasteiger partial charge on any atom is 0.258 e. The summed E-state index contributed by atoms with van der Waals surface area (Å²) in [5.41, 5.74) is 3.48. The van der Waals surface area contributed by atoms with Crippen LogP contribution in [-0.2, 0) is 23.0 Å². The molecule has 2 saturated heterocycles. The van der Waals surface area contributed by atoms with Crippen molar-refractivity contribution in [1.29, 1.82) is 0 Å². The van der Waals surface area contributed by atoms with E-state index in [0.29, 0.717) is 29.3 Å². The van der Waals surface area contributed by atoms with E-state index in [1.165, 1.54) is 0 Å². The van der Waals surface area contributed by atoms with Crippen molar-refractivity contribution in [3.8, 4) is 0 Å². The lowest BCUT2D eigenvalue weighted by Crippen LogP contribution is -2.44. The number of nitrogens with one attached hydrogen (secondary N) is 3. The molecule has 3 aliphatic heterocycles. The lowest BCUT2D eigenvalue weighted by atomic mass is 10.0. The van der Waals surface area contributed by atoms with Crippen molar-refractivity contribution >= 4 is 33.1 Å². The Labute approximate surface area is 256 Å². The van der Waals surface area contributed by atoms with Gasteiger partial charge in [0, 0.05) is 80.4 Å². The maximum absolute atomic E-state index is 13.8. The smallest absolute Gasteiger partial charge is 0.258 e. The third kappa shape index (κ3) is 6.43. The number of likely N-dealkylation sites (N-methyl/N-ethyl adjacent to an activating group) is 1. The number of H-pyrrole nitrogens is 1. The first-order chi connectivity index (χ1) is 21.1. The number of hydrogen-bond acceptors (Lipinski definition) is 8. The van der Waals surface area contributed by atoms with Crippen LogP contribution in [-0.4, -0.2) is 105 Å². The fourth-order valence-electron chi connectivity index (χ4n) is 6.06. The average molecular weight is 629 g/mol. The van der Waals surface area contributed by atoms with E-state index in [2.05, 4.69) is 49.6 Å². The van der Waals surface area contributed by atoms with Crippen LogP contribution in [0.2, 0.25) is 0 Å². The molecule has 0 unspecified atom stereocenters. The Hall–Kier alpha value is -3.59. The number of benzene rings is 2. The summed E-state index contributed by atoms with van der Waals surface area (Å²) in [5.74, 6) is -2.09. The average Bonchev–Trinajstić information content (AvgIpc) is 3.40. The van der Waals surface area contributed by atoms with Gasteiger partial charge in [0.05, 0.1) is 10.5 Å². The molecular formula is C30H38F2N8O3S. The molecule has 0 aliphatic carbocycles. The Kier molecular flexibility index (Phi) is 8.59. The number of fused-ring (bicyclic) bond motifs is 1. The first-order valence-electron chi connectivity index (χ1n) is 14.9. The summed E-state index contributed by atoms with van der Waals surface area (Å²) in [4.78, 5) is 20.2. The molecule has 11 nitrogen and oxygen atoms in total. The highest BCUT2D eigenvalue weighted by atomic mass is 32.2. The number of aromatic amines is 1. The van der Waals surface area contributed by atoms with Gasteiger partial charge >= 0.3 is 0 Å². The molecule has 1 aromatic heterocycles. The van der Waals surface area contributed by atoms with Gasteiger partial charge in [-0.05, 0) is 70.4 Å². The standard InChI is InChI=1S/C30H38F2N8O3S/c1-37-8-5-22(6-9-37)33-28-18-23(39-13-11-38(2)12-14-39)3-4-25(28)30(41)34-29-26-19-40(10-7-27(26)35-36-29)44(42,43)24-16-20(31)15-21(32)17-24/h3-4,15-18,22,33H,5-14,19H2,1-2H3,(H2,34,35,36,41). The molecule has 6 rings (SSSR count). The minimum Gasteiger partial charge on any atom is -0.382 e. The molecule has 1 amide bonds. The first-order valence-corrected chi connectivity index (χ1v) is 16.4.